The van der Waals surface area contributed by atoms with Crippen molar-refractivity contribution in [3.63, 3.8) is 0 Å². The summed E-state index contributed by atoms with van der Waals surface area (Å²) in [5.74, 6) is 0. The van der Waals surface area contributed by atoms with Gasteiger partial charge in [0.25, 0.3) is 5.56 Å². The van der Waals surface area contributed by atoms with Crippen molar-refractivity contribution in [2.75, 3.05) is 6.54 Å². The fourth-order valence-corrected chi connectivity index (χ4v) is 1.76. The minimum absolute atomic E-state index is 0.228. The highest BCUT2D eigenvalue weighted by atomic mass is 16.2. The van der Waals surface area contributed by atoms with Gasteiger partial charge in [-0.15, -0.1) is 0 Å². The Hall–Kier alpha value is -2.15. The number of nitrogens with two attached hydrogens (primary N) is 1. The Bertz CT molecular complexity index is 652. The molecule has 2 N–H and O–H groups in total. The molecule has 0 saturated heterocycles. The minimum Gasteiger partial charge on any atom is -0.329 e. The standard InChI is InChI=1S/C11H15N5O2/c1-14-7-9(6-13-14)8-15-4-2-10(17)16(5-3-12)11(15)18/h2,4,6-7H,3,5,8,12H2,1H3. The zero-order chi connectivity index (χ0) is 13.1. The van der Waals surface area contributed by atoms with E-state index < -0.39 is 0 Å². The molecule has 7 nitrogen and oxygen atoms in total. The fraction of sp³-hybridized carbons (Fsp3) is 0.364. The van der Waals surface area contributed by atoms with Crippen molar-refractivity contribution >= 4 is 0 Å². The molecule has 0 unspecified atom stereocenters. The molecule has 0 radical (unpaired) electrons. The first-order valence-electron chi connectivity index (χ1n) is 5.59. The van der Waals surface area contributed by atoms with E-state index in [-0.39, 0.29) is 24.3 Å². The lowest BCUT2D eigenvalue weighted by Crippen LogP contribution is -2.40. The predicted molar refractivity (Wildman–Crippen MR) is 66.3 cm³/mol. The highest BCUT2D eigenvalue weighted by Gasteiger charge is 2.05. The molecule has 2 heterocycles. The Kier molecular flexibility index (Phi) is 3.42. The quantitative estimate of drug-likeness (QED) is 0.733. The van der Waals surface area contributed by atoms with Gasteiger partial charge in [-0.25, -0.2) is 4.79 Å². The summed E-state index contributed by atoms with van der Waals surface area (Å²) in [4.78, 5) is 23.6. The van der Waals surface area contributed by atoms with Gasteiger partial charge >= 0.3 is 5.69 Å². The molecule has 0 saturated carbocycles. The zero-order valence-corrected chi connectivity index (χ0v) is 10.1. The summed E-state index contributed by atoms with van der Waals surface area (Å²) in [6, 6.07) is 1.37. The lowest BCUT2D eigenvalue weighted by atomic mass is 10.3. The van der Waals surface area contributed by atoms with Crippen LogP contribution in [0.4, 0.5) is 0 Å². The van der Waals surface area contributed by atoms with Crippen LogP contribution in [0, 0.1) is 0 Å². The third-order valence-corrected chi connectivity index (χ3v) is 2.60. The first kappa shape index (κ1) is 12.3. The second-order valence-electron chi connectivity index (χ2n) is 4.03. The Balaban J connectivity index is 2.37. The second-order valence-corrected chi connectivity index (χ2v) is 4.03. The lowest BCUT2D eigenvalue weighted by Gasteiger charge is -2.07. The van der Waals surface area contributed by atoms with Crippen molar-refractivity contribution in [3.8, 4) is 0 Å². The van der Waals surface area contributed by atoms with Crippen LogP contribution in [0.2, 0.25) is 0 Å². The first-order valence-corrected chi connectivity index (χ1v) is 5.59. The zero-order valence-electron chi connectivity index (χ0n) is 10.1. The van der Waals surface area contributed by atoms with E-state index in [1.807, 2.05) is 13.2 Å². The average molecular weight is 249 g/mol. The summed E-state index contributed by atoms with van der Waals surface area (Å²) in [6.07, 6.45) is 5.00. The van der Waals surface area contributed by atoms with Gasteiger partial charge < -0.3 is 5.73 Å². The Morgan fingerprint density at radius 2 is 2.17 bits per heavy atom. The maximum absolute atomic E-state index is 12.0. The minimum atomic E-state index is -0.350. The van der Waals surface area contributed by atoms with Crippen molar-refractivity contribution in [2.24, 2.45) is 12.8 Å². The van der Waals surface area contributed by atoms with E-state index in [0.717, 1.165) is 10.1 Å². The summed E-state index contributed by atoms with van der Waals surface area (Å²) >= 11 is 0. The van der Waals surface area contributed by atoms with E-state index in [1.54, 1.807) is 10.9 Å². The maximum Gasteiger partial charge on any atom is 0.331 e. The normalized spacial score (nSPS) is 10.8. The molecule has 0 aliphatic carbocycles. The Labute approximate surface area is 103 Å². The number of aromatic nitrogens is 4. The Morgan fingerprint density at radius 1 is 1.39 bits per heavy atom. The van der Waals surface area contributed by atoms with E-state index in [4.69, 9.17) is 5.73 Å². The van der Waals surface area contributed by atoms with Gasteiger partial charge in [0, 0.05) is 44.2 Å². The van der Waals surface area contributed by atoms with Crippen LogP contribution in [-0.4, -0.2) is 25.5 Å². The molecule has 0 fully saturated rings. The third kappa shape index (κ3) is 2.40. The smallest absolute Gasteiger partial charge is 0.329 e. The van der Waals surface area contributed by atoms with Crippen LogP contribution in [0.3, 0.4) is 0 Å². The van der Waals surface area contributed by atoms with Crippen LogP contribution in [-0.2, 0) is 20.1 Å². The Morgan fingerprint density at radius 3 is 2.78 bits per heavy atom. The topological polar surface area (TPSA) is 87.8 Å². The predicted octanol–water partition coefficient (Wildman–Crippen LogP) is -1.25. The molecular formula is C11H15N5O2. The summed E-state index contributed by atoms with van der Waals surface area (Å²) in [5, 5.41) is 4.03. The van der Waals surface area contributed by atoms with Crippen molar-refractivity contribution in [1.82, 2.24) is 18.9 Å². The van der Waals surface area contributed by atoms with Crippen LogP contribution < -0.4 is 17.0 Å². The van der Waals surface area contributed by atoms with Gasteiger partial charge in [0.15, 0.2) is 0 Å². The number of rotatable bonds is 4. The summed E-state index contributed by atoms with van der Waals surface area (Å²) < 4.78 is 4.26. The largest absolute Gasteiger partial charge is 0.331 e. The molecule has 0 aliphatic rings. The van der Waals surface area contributed by atoms with Crippen LogP contribution in [0.15, 0.2) is 34.2 Å². The fourth-order valence-electron chi connectivity index (χ4n) is 1.76. The van der Waals surface area contributed by atoms with Gasteiger partial charge in [-0.2, -0.15) is 5.10 Å². The molecule has 0 aromatic carbocycles. The number of hydrogen-bond acceptors (Lipinski definition) is 4. The third-order valence-electron chi connectivity index (χ3n) is 2.60. The van der Waals surface area contributed by atoms with Gasteiger partial charge in [0.2, 0.25) is 0 Å². The van der Waals surface area contributed by atoms with E-state index >= 15 is 0 Å². The van der Waals surface area contributed by atoms with Gasteiger partial charge in [0.1, 0.15) is 0 Å². The average Bonchev–Trinajstić information content (AvgIpc) is 2.74. The van der Waals surface area contributed by atoms with Crippen molar-refractivity contribution in [1.29, 1.82) is 0 Å². The monoisotopic (exact) mass is 249 g/mol. The summed E-state index contributed by atoms with van der Waals surface area (Å²) in [6.45, 7) is 0.870. The molecule has 96 valence electrons. The van der Waals surface area contributed by atoms with Gasteiger partial charge in [-0.1, -0.05) is 0 Å². The lowest BCUT2D eigenvalue weighted by molar-refractivity contribution is 0.579. The highest BCUT2D eigenvalue weighted by Crippen LogP contribution is 1.97. The second kappa shape index (κ2) is 5.01. The molecule has 0 spiro atoms. The molecule has 2 rings (SSSR count). The molecule has 7 heteroatoms. The van der Waals surface area contributed by atoms with E-state index in [1.165, 1.54) is 16.8 Å². The van der Waals surface area contributed by atoms with E-state index in [0.29, 0.717) is 6.54 Å². The van der Waals surface area contributed by atoms with Gasteiger partial charge in [0.05, 0.1) is 12.7 Å². The number of nitrogens with zero attached hydrogens (tertiary/aromatic N) is 4. The van der Waals surface area contributed by atoms with Crippen LogP contribution in [0.1, 0.15) is 5.56 Å². The molecular weight excluding hydrogens is 234 g/mol. The van der Waals surface area contributed by atoms with Crippen LogP contribution >= 0.6 is 0 Å². The molecule has 2 aromatic heterocycles. The number of aryl methyl sites for hydroxylation is 1. The SMILES string of the molecule is Cn1cc(Cn2ccc(=O)n(CCN)c2=O)cn1. The van der Waals surface area contributed by atoms with Crippen LogP contribution in [0.5, 0.6) is 0 Å². The molecule has 0 amide bonds. The van der Waals surface area contributed by atoms with Crippen LogP contribution in [0.25, 0.3) is 0 Å². The maximum atomic E-state index is 12.0. The number of hydrogen-bond donors (Lipinski definition) is 1. The van der Waals surface area contributed by atoms with E-state index in [2.05, 4.69) is 5.10 Å². The van der Waals surface area contributed by atoms with E-state index in [9.17, 15) is 9.59 Å². The molecule has 0 bridgehead atoms. The highest BCUT2D eigenvalue weighted by molar-refractivity contribution is 5.04. The van der Waals surface area contributed by atoms with Crippen molar-refractivity contribution in [3.05, 3.63) is 51.1 Å². The first-order chi connectivity index (χ1) is 8.61. The summed E-state index contributed by atoms with van der Waals surface area (Å²) in [5.41, 5.74) is 5.61. The van der Waals surface area contributed by atoms with Crippen molar-refractivity contribution < 1.29 is 0 Å². The van der Waals surface area contributed by atoms with Gasteiger partial charge in [-0.05, 0) is 0 Å². The summed E-state index contributed by atoms with van der Waals surface area (Å²) in [7, 11) is 1.81. The van der Waals surface area contributed by atoms with Crippen molar-refractivity contribution in [2.45, 2.75) is 13.1 Å². The van der Waals surface area contributed by atoms with Gasteiger partial charge in [-0.3, -0.25) is 18.6 Å². The molecule has 18 heavy (non-hydrogen) atoms. The molecule has 0 aliphatic heterocycles. The molecule has 2 aromatic rings. The molecule has 0 atom stereocenters.